The first-order chi connectivity index (χ1) is 11.5. The molecule has 0 radical (unpaired) electrons. The van der Waals surface area contributed by atoms with E-state index in [4.69, 9.17) is 0 Å². The molecule has 7 heteroatoms. The Kier molecular flexibility index (Phi) is 6.08. The van der Waals surface area contributed by atoms with Crippen molar-refractivity contribution in [2.24, 2.45) is 0 Å². The van der Waals surface area contributed by atoms with Gasteiger partial charge in [0, 0.05) is 44.8 Å². The lowest BCUT2D eigenvalue weighted by atomic mass is 10.2. The molecule has 7 nitrogen and oxygen atoms in total. The molecule has 0 spiro atoms. The van der Waals surface area contributed by atoms with E-state index in [1.54, 1.807) is 12.3 Å². The van der Waals surface area contributed by atoms with Crippen LogP contribution in [0.5, 0.6) is 0 Å². The zero-order valence-corrected chi connectivity index (χ0v) is 14.6. The molecule has 0 bridgehead atoms. The van der Waals surface area contributed by atoms with Crippen molar-refractivity contribution in [3.8, 4) is 0 Å². The van der Waals surface area contributed by atoms with Crippen LogP contribution in [0, 0.1) is 0 Å². The monoisotopic (exact) mass is 328 g/mol. The van der Waals surface area contributed by atoms with Crippen molar-refractivity contribution in [1.29, 1.82) is 0 Å². The zero-order chi connectivity index (χ0) is 17.5. The van der Waals surface area contributed by atoms with Gasteiger partial charge in [-0.05, 0) is 44.4 Å². The second-order valence-corrected chi connectivity index (χ2v) is 5.89. The third-order valence-corrected chi connectivity index (χ3v) is 3.37. The van der Waals surface area contributed by atoms with E-state index >= 15 is 0 Å². The Morgan fingerprint density at radius 1 is 1.08 bits per heavy atom. The van der Waals surface area contributed by atoms with Crippen LogP contribution < -0.4 is 15.5 Å². The Balaban J connectivity index is 2.00. The number of hydrogen-bond donors (Lipinski definition) is 2. The van der Waals surface area contributed by atoms with Crippen LogP contribution in [0.2, 0.25) is 0 Å². The maximum absolute atomic E-state index is 12.1. The minimum absolute atomic E-state index is 0.203. The second-order valence-electron chi connectivity index (χ2n) is 5.89. The molecule has 0 fully saturated rings. The average Bonchev–Trinajstić information content (AvgIpc) is 2.55. The third-order valence-electron chi connectivity index (χ3n) is 3.37. The fraction of sp³-hybridized carbons (Fsp3) is 0.353. The molecule has 2 rings (SSSR count). The smallest absolute Gasteiger partial charge is 0.270 e. The largest absolute Gasteiger partial charge is 0.378 e. The Hall–Kier alpha value is -2.67. The molecular formula is C17H24N6O. The molecule has 0 saturated carbocycles. The molecule has 128 valence electrons. The van der Waals surface area contributed by atoms with E-state index in [0.717, 1.165) is 17.9 Å². The van der Waals surface area contributed by atoms with E-state index in [2.05, 4.69) is 20.6 Å². The van der Waals surface area contributed by atoms with Crippen molar-refractivity contribution in [3.05, 3.63) is 42.2 Å². The summed E-state index contributed by atoms with van der Waals surface area (Å²) in [7, 11) is 7.90. The molecule has 0 unspecified atom stereocenters. The first-order valence-electron chi connectivity index (χ1n) is 7.76. The highest BCUT2D eigenvalue weighted by Crippen LogP contribution is 2.18. The average molecular weight is 328 g/mol. The van der Waals surface area contributed by atoms with Gasteiger partial charge in [0.1, 0.15) is 5.69 Å². The van der Waals surface area contributed by atoms with Crippen LogP contribution in [0.1, 0.15) is 10.5 Å². The van der Waals surface area contributed by atoms with E-state index in [9.17, 15) is 4.79 Å². The number of carbonyl (C=O) groups excluding carboxylic acids is 1. The first kappa shape index (κ1) is 17.7. The maximum atomic E-state index is 12.1. The summed E-state index contributed by atoms with van der Waals surface area (Å²) in [6.07, 6.45) is 1.57. The molecule has 2 N–H and O–H groups in total. The lowest BCUT2D eigenvalue weighted by Gasteiger charge is -2.13. The molecule has 2 aromatic rings. The lowest BCUT2D eigenvalue weighted by Crippen LogP contribution is -2.31. The van der Waals surface area contributed by atoms with Gasteiger partial charge in [0.15, 0.2) is 0 Å². The molecule has 1 aromatic carbocycles. The van der Waals surface area contributed by atoms with Crippen LogP contribution in [0.15, 0.2) is 36.5 Å². The third kappa shape index (κ3) is 5.20. The number of nitrogens with zero attached hydrogens (tertiary/aromatic N) is 4. The quantitative estimate of drug-likeness (QED) is 0.804. The normalized spacial score (nSPS) is 10.5. The van der Waals surface area contributed by atoms with Crippen LogP contribution in [0.4, 0.5) is 17.3 Å². The standard InChI is InChI=1S/C17H24N6O/c1-22(2)12-11-18-16(24)15-9-10-19-17(21-15)20-13-5-7-14(8-6-13)23(3)4/h5-10H,11-12H2,1-4H3,(H,18,24)(H,19,20,21). The molecule has 1 aromatic heterocycles. The second kappa shape index (κ2) is 8.26. The van der Waals surface area contributed by atoms with E-state index in [1.165, 1.54) is 0 Å². The summed E-state index contributed by atoms with van der Waals surface area (Å²) in [5.74, 6) is 0.193. The number of carbonyl (C=O) groups is 1. The molecule has 0 saturated heterocycles. The van der Waals surface area contributed by atoms with Gasteiger partial charge in [-0.15, -0.1) is 0 Å². The summed E-state index contributed by atoms with van der Waals surface area (Å²) in [6, 6.07) is 9.50. The van der Waals surface area contributed by atoms with Gasteiger partial charge in [-0.2, -0.15) is 0 Å². The molecule has 1 amide bonds. The fourth-order valence-corrected chi connectivity index (χ4v) is 2.00. The number of amides is 1. The summed E-state index contributed by atoms with van der Waals surface area (Å²) in [5.41, 5.74) is 2.32. The summed E-state index contributed by atoms with van der Waals surface area (Å²) >= 11 is 0. The zero-order valence-electron chi connectivity index (χ0n) is 14.6. The van der Waals surface area contributed by atoms with E-state index in [-0.39, 0.29) is 5.91 Å². The number of hydrogen-bond acceptors (Lipinski definition) is 6. The van der Waals surface area contributed by atoms with Gasteiger partial charge < -0.3 is 20.4 Å². The predicted molar refractivity (Wildman–Crippen MR) is 97.0 cm³/mol. The predicted octanol–water partition coefficient (Wildman–Crippen LogP) is 1.58. The Bertz CT molecular complexity index is 669. The molecule has 0 atom stereocenters. The van der Waals surface area contributed by atoms with E-state index in [0.29, 0.717) is 18.2 Å². The molecular weight excluding hydrogens is 304 g/mol. The van der Waals surface area contributed by atoms with Gasteiger partial charge in [-0.25, -0.2) is 9.97 Å². The van der Waals surface area contributed by atoms with Gasteiger partial charge in [0.25, 0.3) is 5.91 Å². The molecule has 0 aliphatic carbocycles. The van der Waals surface area contributed by atoms with Gasteiger partial charge >= 0.3 is 0 Å². The van der Waals surface area contributed by atoms with Crippen LogP contribution >= 0.6 is 0 Å². The molecule has 0 aliphatic heterocycles. The van der Waals surface area contributed by atoms with Crippen LogP contribution in [0.3, 0.4) is 0 Å². The highest BCUT2D eigenvalue weighted by Gasteiger charge is 2.08. The van der Waals surface area contributed by atoms with Gasteiger partial charge in [-0.1, -0.05) is 0 Å². The Labute approximate surface area is 142 Å². The van der Waals surface area contributed by atoms with Crippen molar-refractivity contribution in [2.45, 2.75) is 0 Å². The van der Waals surface area contributed by atoms with Gasteiger partial charge in [0.05, 0.1) is 0 Å². The summed E-state index contributed by atoms with van der Waals surface area (Å²) < 4.78 is 0. The highest BCUT2D eigenvalue weighted by atomic mass is 16.1. The fourth-order valence-electron chi connectivity index (χ4n) is 2.00. The number of anilines is 3. The minimum atomic E-state index is -0.203. The van der Waals surface area contributed by atoms with Crippen LogP contribution in [-0.2, 0) is 0 Å². The Morgan fingerprint density at radius 3 is 2.42 bits per heavy atom. The number of likely N-dealkylation sites (N-methyl/N-ethyl adjacent to an activating group) is 1. The topological polar surface area (TPSA) is 73.4 Å². The molecule has 0 aliphatic rings. The van der Waals surface area contributed by atoms with Crippen molar-refractivity contribution in [1.82, 2.24) is 20.2 Å². The van der Waals surface area contributed by atoms with E-state index in [1.807, 2.05) is 62.3 Å². The van der Waals surface area contributed by atoms with Crippen LogP contribution in [0.25, 0.3) is 0 Å². The van der Waals surface area contributed by atoms with Gasteiger partial charge in [0.2, 0.25) is 5.95 Å². The summed E-state index contributed by atoms with van der Waals surface area (Å²) in [6.45, 7) is 1.35. The first-order valence-corrected chi connectivity index (χ1v) is 7.76. The van der Waals surface area contributed by atoms with Gasteiger partial charge in [-0.3, -0.25) is 4.79 Å². The van der Waals surface area contributed by atoms with Crippen molar-refractivity contribution in [2.75, 3.05) is 51.5 Å². The molecule has 24 heavy (non-hydrogen) atoms. The van der Waals surface area contributed by atoms with E-state index < -0.39 is 0 Å². The minimum Gasteiger partial charge on any atom is -0.378 e. The molecule has 1 heterocycles. The lowest BCUT2D eigenvalue weighted by molar-refractivity contribution is 0.0946. The number of benzene rings is 1. The van der Waals surface area contributed by atoms with Crippen molar-refractivity contribution in [3.63, 3.8) is 0 Å². The number of aromatic nitrogens is 2. The van der Waals surface area contributed by atoms with Crippen LogP contribution in [-0.4, -0.2) is 62.1 Å². The number of rotatable bonds is 7. The van der Waals surface area contributed by atoms with Crippen molar-refractivity contribution < 1.29 is 4.79 Å². The highest BCUT2D eigenvalue weighted by molar-refractivity contribution is 5.92. The Morgan fingerprint density at radius 2 is 1.79 bits per heavy atom. The van der Waals surface area contributed by atoms with Crippen molar-refractivity contribution >= 4 is 23.2 Å². The SMILES string of the molecule is CN(C)CCNC(=O)c1ccnc(Nc2ccc(N(C)C)cc2)n1. The number of nitrogens with one attached hydrogen (secondary N) is 2. The summed E-state index contributed by atoms with van der Waals surface area (Å²) in [5, 5.41) is 5.95. The maximum Gasteiger partial charge on any atom is 0.270 e. The summed E-state index contributed by atoms with van der Waals surface area (Å²) in [4.78, 5) is 24.6.